The number of halogens is 2. The first kappa shape index (κ1) is 20.3. The highest BCUT2D eigenvalue weighted by Gasteiger charge is 2.15. The molecule has 8 heteroatoms. The van der Waals surface area contributed by atoms with Crippen LogP contribution in [0, 0.1) is 0 Å². The molecule has 0 radical (unpaired) electrons. The summed E-state index contributed by atoms with van der Waals surface area (Å²) in [6, 6.07) is 11.4. The first-order valence-corrected chi connectivity index (χ1v) is 9.24. The number of thioether (sulfide) groups is 1. The maximum atomic E-state index is 12.2. The second-order valence-corrected chi connectivity index (χ2v) is 7.10. The predicted octanol–water partition coefficient (Wildman–Crippen LogP) is 4.47. The molecule has 1 amide bonds. The number of ether oxygens (including phenoxy) is 1. The first-order valence-electron chi connectivity index (χ1n) is 7.50. The van der Waals surface area contributed by atoms with Crippen LogP contribution in [0.25, 0.3) is 0 Å². The minimum atomic E-state index is -0.644. The van der Waals surface area contributed by atoms with Crippen molar-refractivity contribution in [3.8, 4) is 0 Å². The SMILES string of the molecule is CC(=O)CSc1ccccc1C(=O)OCC(=O)Nc1ccc(Cl)cc1Cl. The van der Waals surface area contributed by atoms with Crippen molar-refractivity contribution in [1.29, 1.82) is 0 Å². The van der Waals surface area contributed by atoms with Crippen molar-refractivity contribution in [3.63, 3.8) is 0 Å². The van der Waals surface area contributed by atoms with Crippen LogP contribution in [0.4, 0.5) is 5.69 Å². The fourth-order valence-corrected chi connectivity index (χ4v) is 3.22. The summed E-state index contributed by atoms with van der Waals surface area (Å²) >= 11 is 13.0. The van der Waals surface area contributed by atoms with Gasteiger partial charge in [-0.3, -0.25) is 9.59 Å². The second kappa shape index (κ2) is 9.62. The molecule has 5 nitrogen and oxygen atoms in total. The molecule has 0 aliphatic carbocycles. The average molecular weight is 412 g/mol. The summed E-state index contributed by atoms with van der Waals surface area (Å²) in [5.41, 5.74) is 0.672. The minimum Gasteiger partial charge on any atom is -0.452 e. The molecule has 2 aromatic rings. The van der Waals surface area contributed by atoms with Gasteiger partial charge in [0.2, 0.25) is 0 Å². The van der Waals surface area contributed by atoms with Crippen molar-refractivity contribution in [1.82, 2.24) is 0 Å². The lowest BCUT2D eigenvalue weighted by Crippen LogP contribution is -2.21. The number of benzene rings is 2. The molecule has 0 bridgehead atoms. The van der Waals surface area contributed by atoms with E-state index in [0.717, 1.165) is 0 Å². The van der Waals surface area contributed by atoms with Crippen molar-refractivity contribution in [2.24, 2.45) is 0 Å². The molecular weight excluding hydrogens is 397 g/mol. The van der Waals surface area contributed by atoms with E-state index in [2.05, 4.69) is 5.32 Å². The zero-order chi connectivity index (χ0) is 19.1. The number of Topliss-reactive ketones (excluding diaryl/α,β-unsaturated/α-hetero) is 1. The van der Waals surface area contributed by atoms with E-state index >= 15 is 0 Å². The van der Waals surface area contributed by atoms with Crippen molar-refractivity contribution in [3.05, 3.63) is 58.1 Å². The molecule has 0 spiro atoms. The third kappa shape index (κ3) is 6.05. The molecule has 26 heavy (non-hydrogen) atoms. The molecule has 0 saturated carbocycles. The molecule has 2 rings (SSSR count). The van der Waals surface area contributed by atoms with E-state index in [1.165, 1.54) is 24.8 Å². The maximum Gasteiger partial charge on any atom is 0.339 e. The number of anilines is 1. The number of carbonyl (C=O) groups is 3. The molecule has 0 fully saturated rings. The van der Waals surface area contributed by atoms with Crippen LogP contribution in [0.3, 0.4) is 0 Å². The van der Waals surface area contributed by atoms with Crippen LogP contribution in [-0.2, 0) is 14.3 Å². The number of nitrogens with one attached hydrogen (secondary N) is 1. The van der Waals surface area contributed by atoms with Gasteiger partial charge in [0.1, 0.15) is 5.78 Å². The van der Waals surface area contributed by atoms with Crippen LogP contribution in [0.1, 0.15) is 17.3 Å². The van der Waals surface area contributed by atoms with Gasteiger partial charge in [0.15, 0.2) is 6.61 Å². The number of amides is 1. The Balaban J connectivity index is 1.96. The Morgan fingerprint density at radius 3 is 2.54 bits per heavy atom. The van der Waals surface area contributed by atoms with Gasteiger partial charge in [0, 0.05) is 9.92 Å². The van der Waals surface area contributed by atoms with Gasteiger partial charge < -0.3 is 10.1 Å². The fraction of sp³-hybridized carbons (Fsp3) is 0.167. The average Bonchev–Trinajstić information content (AvgIpc) is 2.60. The largest absolute Gasteiger partial charge is 0.452 e. The Hall–Kier alpha value is -2.02. The summed E-state index contributed by atoms with van der Waals surface area (Å²) in [4.78, 5) is 35.9. The van der Waals surface area contributed by atoms with Gasteiger partial charge in [-0.2, -0.15) is 0 Å². The summed E-state index contributed by atoms with van der Waals surface area (Å²) in [5, 5.41) is 3.27. The number of esters is 1. The predicted molar refractivity (Wildman–Crippen MR) is 103 cm³/mol. The van der Waals surface area contributed by atoms with Crippen LogP contribution in [0.2, 0.25) is 10.0 Å². The lowest BCUT2D eigenvalue weighted by atomic mass is 10.2. The Morgan fingerprint density at radius 1 is 1.12 bits per heavy atom. The molecule has 1 N–H and O–H groups in total. The van der Waals surface area contributed by atoms with E-state index in [1.807, 2.05) is 0 Å². The Kier molecular flexibility index (Phi) is 7.50. The molecule has 0 aliphatic rings. The topological polar surface area (TPSA) is 72.5 Å². The van der Waals surface area contributed by atoms with Crippen molar-refractivity contribution >= 4 is 58.3 Å². The summed E-state index contributed by atoms with van der Waals surface area (Å²) in [7, 11) is 0. The summed E-state index contributed by atoms with van der Waals surface area (Å²) in [6.45, 7) is 1.00. The van der Waals surface area contributed by atoms with Gasteiger partial charge >= 0.3 is 5.97 Å². The zero-order valence-corrected chi connectivity index (χ0v) is 16.1. The highest BCUT2D eigenvalue weighted by Crippen LogP contribution is 2.25. The molecular formula is C18H15Cl2NO4S. The minimum absolute atomic E-state index is 0.00242. The molecule has 0 unspecified atom stereocenters. The highest BCUT2D eigenvalue weighted by molar-refractivity contribution is 8.00. The van der Waals surface area contributed by atoms with Gasteiger partial charge in [0.05, 0.1) is 22.0 Å². The Labute approximate surface area is 165 Å². The lowest BCUT2D eigenvalue weighted by Gasteiger charge is -2.10. The van der Waals surface area contributed by atoms with E-state index in [0.29, 0.717) is 21.2 Å². The Bertz CT molecular complexity index is 842. The normalized spacial score (nSPS) is 10.3. The van der Waals surface area contributed by atoms with Crippen molar-refractivity contribution in [2.45, 2.75) is 11.8 Å². The van der Waals surface area contributed by atoms with E-state index in [4.69, 9.17) is 27.9 Å². The molecule has 136 valence electrons. The van der Waals surface area contributed by atoms with Gasteiger partial charge in [-0.1, -0.05) is 35.3 Å². The number of ketones is 1. The second-order valence-electron chi connectivity index (χ2n) is 5.24. The van der Waals surface area contributed by atoms with Crippen molar-refractivity contribution in [2.75, 3.05) is 17.7 Å². The van der Waals surface area contributed by atoms with E-state index in [-0.39, 0.29) is 16.6 Å². The smallest absolute Gasteiger partial charge is 0.339 e. The van der Waals surface area contributed by atoms with E-state index in [9.17, 15) is 14.4 Å². The summed E-state index contributed by atoms with van der Waals surface area (Å²) in [5.74, 6) is -0.928. The van der Waals surface area contributed by atoms with Gasteiger partial charge in [-0.15, -0.1) is 11.8 Å². The maximum absolute atomic E-state index is 12.2. The molecule has 2 aromatic carbocycles. The number of hydrogen-bond donors (Lipinski definition) is 1. The van der Waals surface area contributed by atoms with Crippen LogP contribution in [0.15, 0.2) is 47.4 Å². The fourth-order valence-electron chi connectivity index (χ4n) is 1.93. The standard InChI is InChI=1S/C18H15Cl2NO4S/c1-11(22)10-26-16-5-3-2-4-13(16)18(24)25-9-17(23)21-15-7-6-12(19)8-14(15)20/h2-8H,9-10H2,1H3,(H,21,23). The van der Waals surface area contributed by atoms with Gasteiger partial charge in [0.25, 0.3) is 5.91 Å². The first-order chi connectivity index (χ1) is 12.4. The number of rotatable bonds is 7. The number of carbonyl (C=O) groups excluding carboxylic acids is 3. The number of hydrogen-bond acceptors (Lipinski definition) is 5. The van der Waals surface area contributed by atoms with Crippen LogP contribution < -0.4 is 5.32 Å². The zero-order valence-electron chi connectivity index (χ0n) is 13.8. The van der Waals surface area contributed by atoms with Gasteiger partial charge in [-0.25, -0.2) is 4.79 Å². The molecule has 0 atom stereocenters. The van der Waals surface area contributed by atoms with E-state index < -0.39 is 18.5 Å². The Morgan fingerprint density at radius 2 is 1.85 bits per heavy atom. The monoisotopic (exact) mass is 411 g/mol. The summed E-state index contributed by atoms with van der Waals surface area (Å²) in [6.07, 6.45) is 0. The van der Waals surface area contributed by atoms with Crippen LogP contribution >= 0.6 is 35.0 Å². The van der Waals surface area contributed by atoms with Crippen LogP contribution in [0.5, 0.6) is 0 Å². The highest BCUT2D eigenvalue weighted by atomic mass is 35.5. The molecule has 0 saturated heterocycles. The summed E-state index contributed by atoms with van der Waals surface area (Å²) < 4.78 is 5.05. The van der Waals surface area contributed by atoms with E-state index in [1.54, 1.807) is 36.4 Å². The van der Waals surface area contributed by atoms with Crippen molar-refractivity contribution < 1.29 is 19.1 Å². The van der Waals surface area contributed by atoms with Crippen LogP contribution in [-0.4, -0.2) is 30.0 Å². The molecule has 0 heterocycles. The third-order valence-electron chi connectivity index (χ3n) is 3.08. The lowest BCUT2D eigenvalue weighted by molar-refractivity contribution is -0.119. The van der Waals surface area contributed by atoms with Gasteiger partial charge in [-0.05, 0) is 37.3 Å². The molecule has 0 aliphatic heterocycles. The quantitative estimate of drug-likeness (QED) is 0.537. The third-order valence-corrected chi connectivity index (χ3v) is 4.84. The molecule has 0 aromatic heterocycles.